The van der Waals surface area contributed by atoms with Gasteiger partial charge in [-0.25, -0.2) is 5.84 Å². The van der Waals surface area contributed by atoms with Crippen LogP contribution in [-0.4, -0.2) is 12.1 Å². The Bertz CT molecular complexity index is 527. The lowest BCUT2D eigenvalue weighted by atomic mass is 10.0. The molecule has 2 aromatic carbocycles. The van der Waals surface area contributed by atoms with Crippen LogP contribution >= 0.6 is 0 Å². The van der Waals surface area contributed by atoms with Crippen molar-refractivity contribution in [2.45, 2.75) is 0 Å². The van der Waals surface area contributed by atoms with Crippen LogP contribution in [0.4, 0.5) is 0 Å². The molecule has 3 nitrogen and oxygen atoms in total. The zero-order valence-electron chi connectivity index (χ0n) is 10.4. The van der Waals surface area contributed by atoms with E-state index >= 15 is 0 Å². The van der Waals surface area contributed by atoms with Crippen LogP contribution < -0.4 is 11.6 Å². The Kier molecular flexibility index (Phi) is 3.65. The van der Waals surface area contributed by atoms with Gasteiger partial charge in [0.2, 0.25) is 0 Å². The first kappa shape index (κ1) is 12.2. The minimum Gasteiger partial charge on any atom is -0.397 e. The molecule has 0 bridgehead atoms. The highest BCUT2D eigenvalue weighted by Gasteiger charge is 1.99. The third-order valence-corrected chi connectivity index (χ3v) is 2.67. The molecule has 0 unspecified atom stereocenters. The van der Waals surface area contributed by atoms with E-state index in [-0.39, 0.29) is 0 Å². The minimum atomic E-state index is 0.652. The number of rotatable bonds is 3. The zero-order valence-corrected chi connectivity index (χ0v) is 10.4. The van der Waals surface area contributed by atoms with Crippen molar-refractivity contribution in [3.05, 3.63) is 66.4 Å². The summed E-state index contributed by atoms with van der Waals surface area (Å²) in [6.07, 6.45) is 1.69. The van der Waals surface area contributed by atoms with Crippen molar-refractivity contribution in [3.63, 3.8) is 0 Å². The van der Waals surface area contributed by atoms with Gasteiger partial charge in [0.15, 0.2) is 0 Å². The van der Waals surface area contributed by atoms with E-state index in [9.17, 15) is 0 Å². The summed E-state index contributed by atoms with van der Waals surface area (Å²) in [6.45, 7) is 0. The lowest BCUT2D eigenvalue weighted by Crippen LogP contribution is -2.20. The molecular weight excluding hydrogens is 222 g/mol. The SMILES string of the molecule is CN(N)/C=C(\N)c1ccc(-c2ccccc2)cc1. The standard InChI is InChI=1S/C15H17N3/c1-18(17)11-15(16)14-9-7-13(8-10-14)12-5-3-2-4-6-12/h2-11H,16-17H2,1H3/b15-11-. The van der Waals surface area contributed by atoms with E-state index in [0.29, 0.717) is 5.70 Å². The smallest absolute Gasteiger partial charge is 0.0564 e. The van der Waals surface area contributed by atoms with Gasteiger partial charge in [0, 0.05) is 13.2 Å². The van der Waals surface area contributed by atoms with Gasteiger partial charge in [-0.1, -0.05) is 54.6 Å². The minimum absolute atomic E-state index is 0.652. The topological polar surface area (TPSA) is 55.3 Å². The van der Waals surface area contributed by atoms with Gasteiger partial charge in [0.05, 0.1) is 5.70 Å². The van der Waals surface area contributed by atoms with Gasteiger partial charge in [-0.2, -0.15) is 0 Å². The monoisotopic (exact) mass is 239 g/mol. The van der Waals surface area contributed by atoms with Crippen molar-refractivity contribution in [1.82, 2.24) is 5.01 Å². The fourth-order valence-corrected chi connectivity index (χ4v) is 1.78. The highest BCUT2D eigenvalue weighted by Crippen LogP contribution is 2.20. The van der Waals surface area contributed by atoms with Crippen LogP contribution in [0.2, 0.25) is 0 Å². The number of nitrogens with zero attached hydrogens (tertiary/aromatic N) is 1. The molecule has 0 heterocycles. The van der Waals surface area contributed by atoms with Crippen molar-refractivity contribution in [1.29, 1.82) is 0 Å². The molecule has 92 valence electrons. The van der Waals surface area contributed by atoms with Crippen molar-refractivity contribution in [3.8, 4) is 11.1 Å². The van der Waals surface area contributed by atoms with Crippen molar-refractivity contribution in [2.24, 2.45) is 11.6 Å². The van der Waals surface area contributed by atoms with Crippen molar-refractivity contribution >= 4 is 5.70 Å². The Morgan fingerprint density at radius 3 is 2.06 bits per heavy atom. The Morgan fingerprint density at radius 2 is 1.50 bits per heavy atom. The fourth-order valence-electron chi connectivity index (χ4n) is 1.78. The third kappa shape index (κ3) is 2.90. The van der Waals surface area contributed by atoms with Crippen LogP contribution in [-0.2, 0) is 0 Å². The summed E-state index contributed by atoms with van der Waals surface area (Å²) >= 11 is 0. The fraction of sp³-hybridized carbons (Fsp3) is 0.0667. The average Bonchev–Trinajstić information content (AvgIpc) is 2.39. The van der Waals surface area contributed by atoms with E-state index < -0.39 is 0 Å². The summed E-state index contributed by atoms with van der Waals surface area (Å²) in [7, 11) is 1.74. The zero-order chi connectivity index (χ0) is 13.0. The first-order chi connectivity index (χ1) is 8.66. The quantitative estimate of drug-likeness (QED) is 0.639. The van der Waals surface area contributed by atoms with Crippen LogP contribution in [0.15, 0.2) is 60.8 Å². The maximum absolute atomic E-state index is 5.92. The molecule has 0 saturated heterocycles. The van der Waals surface area contributed by atoms with Gasteiger partial charge in [-0.05, 0) is 16.7 Å². The largest absolute Gasteiger partial charge is 0.397 e. The van der Waals surface area contributed by atoms with Crippen LogP contribution in [0.1, 0.15) is 5.56 Å². The molecule has 0 atom stereocenters. The number of hydrogen-bond acceptors (Lipinski definition) is 3. The summed E-state index contributed by atoms with van der Waals surface area (Å²) in [6, 6.07) is 18.3. The van der Waals surface area contributed by atoms with E-state index in [0.717, 1.165) is 5.56 Å². The lowest BCUT2D eigenvalue weighted by molar-refractivity contribution is 0.486. The summed E-state index contributed by atoms with van der Waals surface area (Å²) in [5.74, 6) is 5.53. The van der Waals surface area contributed by atoms with E-state index in [1.54, 1.807) is 13.2 Å². The lowest BCUT2D eigenvalue weighted by Gasteiger charge is -2.09. The van der Waals surface area contributed by atoms with Gasteiger partial charge < -0.3 is 10.7 Å². The maximum Gasteiger partial charge on any atom is 0.0564 e. The molecule has 0 fully saturated rings. The average molecular weight is 239 g/mol. The highest BCUT2D eigenvalue weighted by atomic mass is 15.4. The molecule has 0 saturated carbocycles. The molecule has 0 radical (unpaired) electrons. The first-order valence-corrected chi connectivity index (χ1v) is 5.77. The number of hydrogen-bond donors (Lipinski definition) is 2. The molecule has 2 aromatic rings. The van der Waals surface area contributed by atoms with E-state index in [2.05, 4.69) is 24.3 Å². The predicted molar refractivity (Wildman–Crippen MR) is 76.0 cm³/mol. The second-order valence-corrected chi connectivity index (χ2v) is 4.19. The number of nitrogens with two attached hydrogens (primary N) is 2. The molecule has 0 amide bonds. The molecule has 4 N–H and O–H groups in total. The Hall–Kier alpha value is -2.26. The van der Waals surface area contributed by atoms with Gasteiger partial charge in [-0.15, -0.1) is 0 Å². The molecule has 18 heavy (non-hydrogen) atoms. The van der Waals surface area contributed by atoms with Gasteiger partial charge in [-0.3, -0.25) is 0 Å². The maximum atomic E-state index is 5.92. The van der Waals surface area contributed by atoms with Crippen LogP contribution in [0.3, 0.4) is 0 Å². The molecular formula is C15H17N3. The summed E-state index contributed by atoms with van der Waals surface area (Å²) in [5.41, 5.74) is 9.91. The first-order valence-electron chi connectivity index (χ1n) is 5.77. The van der Waals surface area contributed by atoms with Crippen LogP contribution in [0.5, 0.6) is 0 Å². The van der Waals surface area contributed by atoms with Crippen molar-refractivity contribution in [2.75, 3.05) is 7.05 Å². The Balaban J connectivity index is 2.26. The van der Waals surface area contributed by atoms with E-state index in [1.165, 1.54) is 16.1 Å². The highest BCUT2D eigenvalue weighted by molar-refractivity contribution is 5.68. The molecule has 0 aliphatic rings. The van der Waals surface area contributed by atoms with Crippen LogP contribution in [0, 0.1) is 0 Å². The van der Waals surface area contributed by atoms with Gasteiger partial charge >= 0.3 is 0 Å². The third-order valence-electron chi connectivity index (χ3n) is 2.67. The van der Waals surface area contributed by atoms with Crippen molar-refractivity contribution < 1.29 is 0 Å². The number of benzene rings is 2. The molecule has 0 spiro atoms. The summed E-state index contributed by atoms with van der Waals surface area (Å²) in [4.78, 5) is 0. The Morgan fingerprint density at radius 1 is 0.944 bits per heavy atom. The summed E-state index contributed by atoms with van der Waals surface area (Å²) in [5, 5.41) is 1.44. The predicted octanol–water partition coefficient (Wildman–Crippen LogP) is 2.42. The second-order valence-electron chi connectivity index (χ2n) is 4.19. The van der Waals surface area contributed by atoms with E-state index in [1.807, 2.05) is 30.3 Å². The van der Waals surface area contributed by atoms with Gasteiger partial charge in [0.25, 0.3) is 0 Å². The molecule has 0 aliphatic carbocycles. The second kappa shape index (κ2) is 5.38. The molecule has 3 heteroatoms. The number of hydrazine groups is 1. The Labute approximate surface area is 107 Å². The summed E-state index contributed by atoms with van der Waals surface area (Å²) < 4.78 is 0. The van der Waals surface area contributed by atoms with Crippen LogP contribution in [0.25, 0.3) is 16.8 Å². The van der Waals surface area contributed by atoms with E-state index in [4.69, 9.17) is 11.6 Å². The molecule has 0 aromatic heterocycles. The normalized spacial score (nSPS) is 11.3. The molecule has 2 rings (SSSR count). The van der Waals surface area contributed by atoms with Gasteiger partial charge in [0.1, 0.15) is 0 Å². The molecule has 0 aliphatic heterocycles.